The van der Waals surface area contributed by atoms with E-state index in [0.717, 1.165) is 31.6 Å². The van der Waals surface area contributed by atoms with E-state index < -0.39 is 4.92 Å². The van der Waals surface area contributed by atoms with E-state index in [1.54, 1.807) is 18.4 Å². The molecule has 0 radical (unpaired) electrons. The van der Waals surface area contributed by atoms with E-state index in [2.05, 4.69) is 0 Å². The molecule has 0 aliphatic carbocycles. The van der Waals surface area contributed by atoms with Gasteiger partial charge in [-0.2, -0.15) is 0 Å². The molecule has 0 atom stereocenters. The number of hydrogen-bond acceptors (Lipinski definition) is 6. The van der Waals surface area contributed by atoms with Crippen LogP contribution in [0.25, 0.3) is 6.08 Å². The van der Waals surface area contributed by atoms with Gasteiger partial charge in [0.2, 0.25) is 6.20 Å². The minimum atomic E-state index is -0.539. The van der Waals surface area contributed by atoms with E-state index in [1.165, 1.54) is 25.2 Å². The number of nitro groups is 1. The Bertz CT molecular complexity index is 541. The second-order valence-electron chi connectivity index (χ2n) is 4.55. The standard InChI is InChI=1S/C6H5NO3.C6H9NO.C4H8O.Al.Li.4H/c8-7(9)4-3-6-2-1-5-10-6;7-4-3-6-2-1-5-8-6;1-2-4-5-3-1;;;;;;/h1-5H;1-2,5H,3-4,7H2;1-4H2;;;;;;/q;;;;+1;;;;-1/b4-3+;;;;;;;;. The summed E-state index contributed by atoms with van der Waals surface area (Å²) in [6, 6.07) is 7.09. The molecule has 2 N–H and O–H groups in total. The van der Waals surface area contributed by atoms with Crippen molar-refractivity contribution >= 4 is 23.4 Å². The summed E-state index contributed by atoms with van der Waals surface area (Å²) in [6.45, 7) is 2.66. The van der Waals surface area contributed by atoms with Crippen LogP contribution in [0.4, 0.5) is 0 Å². The summed E-state index contributed by atoms with van der Waals surface area (Å²) in [5.74, 6) is 1.45. The number of ether oxygens (including phenoxy) is 1. The molecule has 25 heavy (non-hydrogen) atoms. The number of hydrogen-bond donors (Lipinski definition) is 1. The second kappa shape index (κ2) is 17.6. The number of nitrogens with zero attached hydrogens (tertiary/aromatic N) is 1. The molecule has 0 spiro atoms. The van der Waals surface area contributed by atoms with Crippen molar-refractivity contribution in [2.75, 3.05) is 19.8 Å². The van der Waals surface area contributed by atoms with Crippen LogP contribution in [-0.4, -0.2) is 42.0 Å². The zero-order chi connectivity index (χ0) is 16.8. The Balaban J connectivity index is -0.000000301. The number of nitrogens with two attached hydrogens (primary N) is 1. The average molecular weight is 360 g/mol. The quantitative estimate of drug-likeness (QED) is 0.428. The molecule has 1 fully saturated rings. The van der Waals surface area contributed by atoms with Crippen LogP contribution in [0.3, 0.4) is 0 Å². The smallest absolute Gasteiger partial charge is 1.00 e. The van der Waals surface area contributed by atoms with Crippen LogP contribution < -0.4 is 24.6 Å². The molecule has 1 aliphatic heterocycles. The van der Waals surface area contributed by atoms with E-state index in [0.29, 0.717) is 12.3 Å². The van der Waals surface area contributed by atoms with Gasteiger partial charge in [0.05, 0.1) is 23.5 Å². The van der Waals surface area contributed by atoms with E-state index in [-0.39, 0.29) is 37.6 Å². The summed E-state index contributed by atoms with van der Waals surface area (Å²) >= 11 is 0. The first-order chi connectivity index (χ1) is 11.2. The number of rotatable bonds is 4. The largest absolute Gasteiger partial charge is 1.00 e. The molecule has 1 aliphatic rings. The van der Waals surface area contributed by atoms with Gasteiger partial charge >= 0.3 is 18.9 Å². The number of furan rings is 2. The van der Waals surface area contributed by atoms with Crippen molar-refractivity contribution in [2.45, 2.75) is 19.3 Å². The van der Waals surface area contributed by atoms with E-state index >= 15 is 0 Å². The minimum Gasteiger partial charge on any atom is -1.00 e. The van der Waals surface area contributed by atoms with Gasteiger partial charge in [0.25, 0.3) is 0 Å². The third-order valence-electron chi connectivity index (χ3n) is 2.70. The molecular weight excluding hydrogens is 334 g/mol. The van der Waals surface area contributed by atoms with Crippen molar-refractivity contribution in [2.24, 2.45) is 5.73 Å². The third kappa shape index (κ3) is 14.8. The van der Waals surface area contributed by atoms with E-state index in [4.69, 9.17) is 19.3 Å². The Morgan fingerprint density at radius 1 is 1.20 bits per heavy atom. The molecule has 2 aromatic rings. The maximum Gasteiger partial charge on any atom is 1.00 e. The van der Waals surface area contributed by atoms with Crippen LogP contribution in [-0.2, 0) is 11.2 Å². The van der Waals surface area contributed by atoms with Crippen molar-refractivity contribution in [3.8, 4) is 0 Å². The molecule has 0 bridgehead atoms. The topological polar surface area (TPSA) is 105 Å². The molecule has 0 saturated carbocycles. The summed E-state index contributed by atoms with van der Waals surface area (Å²) in [5.41, 5.74) is 5.26. The molecule has 0 aromatic carbocycles. The second-order valence-corrected chi connectivity index (χ2v) is 4.55. The summed E-state index contributed by atoms with van der Waals surface area (Å²) < 4.78 is 14.7. The van der Waals surface area contributed by atoms with Crippen LogP contribution in [0.1, 0.15) is 25.8 Å². The first-order valence-corrected chi connectivity index (χ1v) is 7.37. The SMILES string of the molecule is C1CCOC1.NCCc1ccco1.O=[N+]([O-])/C=C/c1ccco1.[AlH3].[H-].[Li+]. The molecule has 1 saturated heterocycles. The van der Waals surface area contributed by atoms with E-state index in [1.807, 2.05) is 12.1 Å². The first kappa shape index (κ1) is 26.0. The minimum absolute atomic E-state index is 0. The van der Waals surface area contributed by atoms with Crippen LogP contribution in [0.2, 0.25) is 0 Å². The monoisotopic (exact) mass is 360 g/mol. The van der Waals surface area contributed by atoms with Crippen LogP contribution in [0.15, 0.2) is 51.8 Å². The van der Waals surface area contributed by atoms with Gasteiger partial charge in [0, 0.05) is 19.6 Å². The molecule has 2 aromatic heterocycles. The van der Waals surface area contributed by atoms with Gasteiger partial charge in [-0.25, -0.2) is 0 Å². The Morgan fingerprint density at radius 3 is 2.24 bits per heavy atom. The zero-order valence-corrected chi connectivity index (χ0v) is 13.9. The molecule has 134 valence electrons. The van der Waals surface area contributed by atoms with Crippen LogP contribution >= 0.6 is 0 Å². The van der Waals surface area contributed by atoms with E-state index in [9.17, 15) is 10.1 Å². The average Bonchev–Trinajstić information content (AvgIpc) is 3.29. The van der Waals surface area contributed by atoms with Gasteiger partial charge in [0.1, 0.15) is 11.5 Å². The van der Waals surface area contributed by atoms with Crippen molar-refractivity contribution in [1.82, 2.24) is 0 Å². The fraction of sp³-hybridized carbons (Fsp3) is 0.375. The Morgan fingerprint density at radius 2 is 1.84 bits per heavy atom. The predicted octanol–water partition coefficient (Wildman–Crippen LogP) is -0.963. The maximum absolute atomic E-state index is 9.77. The molecular formula is C16H26AlLiN2O5. The summed E-state index contributed by atoms with van der Waals surface area (Å²) in [5, 5.41) is 9.77. The van der Waals surface area contributed by atoms with Crippen LogP contribution in [0, 0.1) is 10.1 Å². The summed E-state index contributed by atoms with van der Waals surface area (Å²) in [7, 11) is 0. The zero-order valence-electron chi connectivity index (χ0n) is 14.9. The molecule has 7 nitrogen and oxygen atoms in total. The Kier molecular flexibility index (Phi) is 18.3. The molecule has 9 heteroatoms. The Labute approximate surface area is 171 Å². The van der Waals surface area contributed by atoms with Crippen molar-refractivity contribution < 1.29 is 38.8 Å². The normalized spacial score (nSPS) is 12.0. The van der Waals surface area contributed by atoms with Gasteiger partial charge < -0.3 is 20.7 Å². The fourth-order valence-corrected chi connectivity index (χ4v) is 1.63. The fourth-order valence-electron chi connectivity index (χ4n) is 1.63. The summed E-state index contributed by atoms with van der Waals surface area (Å²) in [6.07, 6.45) is 8.64. The molecule has 3 rings (SSSR count). The van der Waals surface area contributed by atoms with Crippen LogP contribution in [0.5, 0.6) is 0 Å². The van der Waals surface area contributed by atoms with Gasteiger partial charge in [-0.05, 0) is 43.7 Å². The van der Waals surface area contributed by atoms with Crippen molar-refractivity contribution in [3.63, 3.8) is 0 Å². The predicted molar refractivity (Wildman–Crippen MR) is 97.3 cm³/mol. The molecule has 0 unspecified atom stereocenters. The van der Waals surface area contributed by atoms with Gasteiger partial charge in [-0.15, -0.1) is 0 Å². The first-order valence-electron chi connectivity index (χ1n) is 7.37. The van der Waals surface area contributed by atoms with Crippen molar-refractivity contribution in [3.05, 3.63) is 64.6 Å². The van der Waals surface area contributed by atoms with Gasteiger partial charge in [0.15, 0.2) is 17.4 Å². The maximum atomic E-state index is 9.77. The molecule has 3 heterocycles. The third-order valence-corrected chi connectivity index (χ3v) is 2.70. The van der Waals surface area contributed by atoms with Crippen molar-refractivity contribution in [1.29, 1.82) is 0 Å². The Hall–Kier alpha value is -1.25. The summed E-state index contributed by atoms with van der Waals surface area (Å²) in [4.78, 5) is 9.23. The van der Waals surface area contributed by atoms with Gasteiger partial charge in [-0.1, -0.05) is 0 Å². The van der Waals surface area contributed by atoms with Gasteiger partial charge in [-0.3, -0.25) is 10.1 Å². The molecule has 0 amide bonds.